The molecule has 1 atom stereocenters. The fraction of sp³-hybridized carbons (Fsp3) is 0.375. The Bertz CT molecular complexity index is 1010. The second-order valence-electron chi connectivity index (χ2n) is 7.99. The van der Waals surface area contributed by atoms with Crippen LogP contribution in [0.2, 0.25) is 0 Å². The number of anilines is 2. The molecule has 0 amide bonds. The number of pyridine rings is 1. The summed E-state index contributed by atoms with van der Waals surface area (Å²) in [5.41, 5.74) is 5.20. The molecule has 1 unspecified atom stereocenters. The van der Waals surface area contributed by atoms with Gasteiger partial charge in [0.05, 0.1) is 0 Å². The van der Waals surface area contributed by atoms with Gasteiger partial charge in [0, 0.05) is 42.1 Å². The molecule has 0 aliphatic carbocycles. The second kappa shape index (κ2) is 8.09. The van der Waals surface area contributed by atoms with E-state index in [2.05, 4.69) is 71.5 Å². The zero-order valence-corrected chi connectivity index (χ0v) is 16.8. The van der Waals surface area contributed by atoms with Crippen LogP contribution in [0.1, 0.15) is 37.8 Å². The third kappa shape index (κ3) is 4.06. The molecule has 1 aliphatic rings. The average Bonchev–Trinajstić information content (AvgIpc) is 2.72. The number of nitrogens with one attached hydrogen (secondary N) is 2. The van der Waals surface area contributed by atoms with Crippen LogP contribution in [-0.4, -0.2) is 18.1 Å². The Morgan fingerprint density at radius 3 is 2.71 bits per heavy atom. The van der Waals surface area contributed by atoms with Crippen LogP contribution in [0, 0.1) is 5.92 Å². The van der Waals surface area contributed by atoms with E-state index in [1.807, 2.05) is 6.07 Å². The lowest BCUT2D eigenvalue weighted by atomic mass is 10.00. The fourth-order valence-electron chi connectivity index (χ4n) is 4.06. The lowest BCUT2D eigenvalue weighted by Gasteiger charge is -2.32. The van der Waals surface area contributed by atoms with Crippen LogP contribution in [0.3, 0.4) is 0 Å². The monoisotopic (exact) mass is 375 g/mol. The molecule has 1 fully saturated rings. The van der Waals surface area contributed by atoms with Gasteiger partial charge in [0.2, 0.25) is 0 Å². The zero-order chi connectivity index (χ0) is 19.5. The minimum atomic E-state index is -0.0211. The van der Waals surface area contributed by atoms with E-state index in [4.69, 9.17) is 0 Å². The van der Waals surface area contributed by atoms with Gasteiger partial charge in [-0.25, -0.2) is 0 Å². The zero-order valence-electron chi connectivity index (χ0n) is 16.8. The Labute approximate surface area is 166 Å². The Morgan fingerprint density at radius 1 is 1.14 bits per heavy atom. The van der Waals surface area contributed by atoms with E-state index >= 15 is 0 Å². The molecule has 4 nitrogen and oxygen atoms in total. The molecule has 4 heteroatoms. The first kappa shape index (κ1) is 18.6. The molecule has 1 aliphatic heterocycles. The molecule has 4 rings (SSSR count). The highest BCUT2D eigenvalue weighted by Crippen LogP contribution is 2.24. The van der Waals surface area contributed by atoms with Crippen molar-refractivity contribution in [3.63, 3.8) is 0 Å². The molecule has 0 saturated carbocycles. The summed E-state index contributed by atoms with van der Waals surface area (Å²) in [5, 5.41) is 4.46. The van der Waals surface area contributed by atoms with Crippen LogP contribution in [0.25, 0.3) is 10.9 Å². The number of H-pyrrole nitrogens is 1. The van der Waals surface area contributed by atoms with Crippen LogP contribution in [0.4, 0.5) is 11.4 Å². The summed E-state index contributed by atoms with van der Waals surface area (Å²) in [5.74, 6) is 0.764. The van der Waals surface area contributed by atoms with E-state index in [0.717, 1.165) is 47.6 Å². The van der Waals surface area contributed by atoms with Crippen molar-refractivity contribution in [2.24, 2.45) is 5.92 Å². The van der Waals surface area contributed by atoms with E-state index < -0.39 is 0 Å². The summed E-state index contributed by atoms with van der Waals surface area (Å²) in [6, 6.07) is 16.8. The molecule has 146 valence electrons. The quantitative estimate of drug-likeness (QED) is 0.664. The SMILES string of the molecule is CCc1ccc2cc(CNc3ccc(N4CCCC(C)C4)cc3)c(=O)[nH]c2c1. The molecule has 2 aromatic carbocycles. The Morgan fingerprint density at radius 2 is 1.96 bits per heavy atom. The molecule has 1 aromatic heterocycles. The number of piperidine rings is 1. The van der Waals surface area contributed by atoms with Crippen molar-refractivity contribution in [3.05, 3.63) is 70.0 Å². The molecule has 2 heterocycles. The number of aromatic amines is 1. The van der Waals surface area contributed by atoms with E-state index in [-0.39, 0.29) is 5.56 Å². The van der Waals surface area contributed by atoms with Crippen LogP contribution in [0.15, 0.2) is 53.3 Å². The molecule has 1 saturated heterocycles. The van der Waals surface area contributed by atoms with Gasteiger partial charge in [-0.1, -0.05) is 26.0 Å². The molecular weight excluding hydrogens is 346 g/mol. The maximum absolute atomic E-state index is 12.4. The third-order valence-electron chi connectivity index (χ3n) is 5.77. The van der Waals surface area contributed by atoms with Gasteiger partial charge >= 0.3 is 0 Å². The Kier molecular flexibility index (Phi) is 5.38. The van der Waals surface area contributed by atoms with E-state index in [1.165, 1.54) is 24.1 Å². The number of benzene rings is 2. The van der Waals surface area contributed by atoms with Gasteiger partial charge in [-0.15, -0.1) is 0 Å². The third-order valence-corrected chi connectivity index (χ3v) is 5.77. The number of fused-ring (bicyclic) bond motifs is 1. The van der Waals surface area contributed by atoms with Crippen LogP contribution < -0.4 is 15.8 Å². The molecule has 28 heavy (non-hydrogen) atoms. The maximum Gasteiger partial charge on any atom is 0.253 e. The molecule has 0 radical (unpaired) electrons. The van der Waals surface area contributed by atoms with Gasteiger partial charge in [-0.05, 0) is 72.5 Å². The highest BCUT2D eigenvalue weighted by Gasteiger charge is 2.16. The standard InChI is InChI=1S/C24H29N3O/c1-3-18-6-7-19-14-20(24(28)26-23(19)13-18)15-25-21-8-10-22(11-9-21)27-12-4-5-17(2)16-27/h6-11,13-14,17,25H,3-5,12,15-16H2,1-2H3,(H,26,28). The maximum atomic E-state index is 12.4. The number of nitrogens with zero attached hydrogens (tertiary/aromatic N) is 1. The van der Waals surface area contributed by atoms with Crippen LogP contribution in [-0.2, 0) is 13.0 Å². The Balaban J connectivity index is 1.45. The largest absolute Gasteiger partial charge is 0.381 e. The minimum absolute atomic E-state index is 0.0211. The summed E-state index contributed by atoms with van der Waals surface area (Å²) in [7, 11) is 0. The number of hydrogen-bond donors (Lipinski definition) is 2. The van der Waals surface area contributed by atoms with E-state index in [1.54, 1.807) is 0 Å². The summed E-state index contributed by atoms with van der Waals surface area (Å²) in [6.07, 6.45) is 3.56. The van der Waals surface area contributed by atoms with E-state index in [9.17, 15) is 4.79 Å². The first-order valence-electron chi connectivity index (χ1n) is 10.4. The van der Waals surface area contributed by atoms with Gasteiger partial charge in [0.25, 0.3) is 5.56 Å². The van der Waals surface area contributed by atoms with E-state index in [0.29, 0.717) is 6.54 Å². The van der Waals surface area contributed by atoms with Crippen molar-refractivity contribution >= 4 is 22.3 Å². The first-order valence-corrected chi connectivity index (χ1v) is 10.4. The van der Waals surface area contributed by atoms with Crippen molar-refractivity contribution in [3.8, 4) is 0 Å². The van der Waals surface area contributed by atoms with Crippen molar-refractivity contribution in [2.45, 2.75) is 39.7 Å². The summed E-state index contributed by atoms with van der Waals surface area (Å²) in [4.78, 5) is 17.9. The van der Waals surface area contributed by atoms with Crippen molar-refractivity contribution in [2.75, 3.05) is 23.3 Å². The lowest BCUT2D eigenvalue weighted by molar-refractivity contribution is 0.447. The number of aromatic nitrogens is 1. The lowest BCUT2D eigenvalue weighted by Crippen LogP contribution is -2.34. The average molecular weight is 376 g/mol. The first-order chi connectivity index (χ1) is 13.6. The van der Waals surface area contributed by atoms with Crippen molar-refractivity contribution in [1.29, 1.82) is 0 Å². The van der Waals surface area contributed by atoms with Gasteiger partial charge in [0.1, 0.15) is 0 Å². The van der Waals surface area contributed by atoms with Gasteiger partial charge in [-0.3, -0.25) is 4.79 Å². The van der Waals surface area contributed by atoms with Gasteiger partial charge < -0.3 is 15.2 Å². The second-order valence-corrected chi connectivity index (χ2v) is 7.99. The predicted molar refractivity (Wildman–Crippen MR) is 118 cm³/mol. The topological polar surface area (TPSA) is 48.1 Å². The van der Waals surface area contributed by atoms with Gasteiger partial charge in [0.15, 0.2) is 0 Å². The van der Waals surface area contributed by atoms with Crippen molar-refractivity contribution < 1.29 is 0 Å². The minimum Gasteiger partial charge on any atom is -0.381 e. The molecule has 3 aromatic rings. The normalized spacial score (nSPS) is 17.1. The highest BCUT2D eigenvalue weighted by atomic mass is 16.1. The molecule has 2 N–H and O–H groups in total. The summed E-state index contributed by atoms with van der Waals surface area (Å²) in [6.45, 7) is 7.24. The highest BCUT2D eigenvalue weighted by molar-refractivity contribution is 5.79. The number of aryl methyl sites for hydroxylation is 1. The summed E-state index contributed by atoms with van der Waals surface area (Å²) >= 11 is 0. The van der Waals surface area contributed by atoms with Gasteiger partial charge in [-0.2, -0.15) is 0 Å². The molecule has 0 bridgehead atoms. The smallest absolute Gasteiger partial charge is 0.253 e. The molecule has 0 spiro atoms. The molecular formula is C24H29N3O. The Hall–Kier alpha value is -2.75. The summed E-state index contributed by atoms with van der Waals surface area (Å²) < 4.78 is 0. The number of rotatable bonds is 5. The van der Waals surface area contributed by atoms with Crippen molar-refractivity contribution in [1.82, 2.24) is 4.98 Å². The van der Waals surface area contributed by atoms with Crippen LogP contribution >= 0.6 is 0 Å². The van der Waals surface area contributed by atoms with Crippen LogP contribution in [0.5, 0.6) is 0 Å². The fourth-order valence-corrected chi connectivity index (χ4v) is 4.06. The predicted octanol–water partition coefficient (Wildman–Crippen LogP) is 4.94. The number of hydrogen-bond acceptors (Lipinski definition) is 3.